The van der Waals surface area contributed by atoms with Crippen LogP contribution in [-0.2, 0) is 19.4 Å². The first kappa shape index (κ1) is 15.6. The Hall–Kier alpha value is -2.24. The van der Waals surface area contributed by atoms with Crippen LogP contribution in [0.15, 0.2) is 54.6 Å². The van der Waals surface area contributed by atoms with Crippen molar-refractivity contribution in [3.63, 3.8) is 0 Å². The van der Waals surface area contributed by atoms with Gasteiger partial charge >= 0.3 is 0 Å². The van der Waals surface area contributed by atoms with Gasteiger partial charge in [0, 0.05) is 13.0 Å². The summed E-state index contributed by atoms with van der Waals surface area (Å²) in [6, 6.07) is 18.3. The van der Waals surface area contributed by atoms with E-state index in [1.165, 1.54) is 11.1 Å². The third-order valence-electron chi connectivity index (χ3n) is 3.56. The van der Waals surface area contributed by atoms with Gasteiger partial charge in [0.05, 0.1) is 6.61 Å². The SMILES string of the molecule is OCc1ccc(CCNc2nnc(Cc3ccccc3)s2)cc1. The van der Waals surface area contributed by atoms with Crippen molar-refractivity contribution >= 4 is 16.5 Å². The lowest BCUT2D eigenvalue weighted by molar-refractivity contribution is 0.282. The van der Waals surface area contributed by atoms with Crippen molar-refractivity contribution in [3.05, 3.63) is 76.3 Å². The molecule has 23 heavy (non-hydrogen) atoms. The maximum atomic E-state index is 9.04. The number of nitrogens with zero attached hydrogens (tertiary/aromatic N) is 2. The van der Waals surface area contributed by atoms with E-state index in [4.69, 9.17) is 5.11 Å². The predicted octanol–water partition coefficient (Wildman–Crippen LogP) is 3.28. The number of anilines is 1. The quantitative estimate of drug-likeness (QED) is 0.700. The highest BCUT2D eigenvalue weighted by Gasteiger charge is 2.04. The van der Waals surface area contributed by atoms with E-state index in [2.05, 4.69) is 27.6 Å². The monoisotopic (exact) mass is 325 g/mol. The van der Waals surface area contributed by atoms with E-state index in [1.807, 2.05) is 42.5 Å². The van der Waals surface area contributed by atoms with Crippen molar-refractivity contribution in [2.24, 2.45) is 0 Å². The second-order valence-corrected chi connectivity index (χ2v) is 6.38. The Kier molecular flexibility index (Phi) is 5.34. The smallest absolute Gasteiger partial charge is 0.205 e. The van der Waals surface area contributed by atoms with Gasteiger partial charge < -0.3 is 10.4 Å². The molecule has 0 bridgehead atoms. The molecule has 0 unspecified atom stereocenters. The van der Waals surface area contributed by atoms with Crippen LogP contribution in [0.3, 0.4) is 0 Å². The number of aliphatic hydroxyl groups is 1. The van der Waals surface area contributed by atoms with Crippen molar-refractivity contribution in [1.82, 2.24) is 10.2 Å². The highest BCUT2D eigenvalue weighted by Crippen LogP contribution is 2.18. The number of rotatable bonds is 7. The zero-order valence-corrected chi connectivity index (χ0v) is 13.6. The molecule has 3 aromatic rings. The molecule has 0 saturated carbocycles. The van der Waals surface area contributed by atoms with Crippen LogP contribution in [0.1, 0.15) is 21.7 Å². The molecule has 1 heterocycles. The molecule has 1 aromatic heterocycles. The maximum absolute atomic E-state index is 9.04. The topological polar surface area (TPSA) is 58.0 Å². The van der Waals surface area contributed by atoms with Gasteiger partial charge in [0.2, 0.25) is 5.13 Å². The van der Waals surface area contributed by atoms with E-state index in [1.54, 1.807) is 11.3 Å². The predicted molar refractivity (Wildman–Crippen MR) is 93.7 cm³/mol. The molecule has 0 amide bonds. The molecule has 2 aromatic carbocycles. The van der Waals surface area contributed by atoms with Crippen molar-refractivity contribution in [2.45, 2.75) is 19.4 Å². The first-order valence-electron chi connectivity index (χ1n) is 7.62. The van der Waals surface area contributed by atoms with Gasteiger partial charge in [-0.3, -0.25) is 0 Å². The summed E-state index contributed by atoms with van der Waals surface area (Å²) < 4.78 is 0. The van der Waals surface area contributed by atoms with Crippen molar-refractivity contribution in [3.8, 4) is 0 Å². The van der Waals surface area contributed by atoms with Gasteiger partial charge in [-0.1, -0.05) is 65.9 Å². The second kappa shape index (κ2) is 7.85. The van der Waals surface area contributed by atoms with Gasteiger partial charge in [0.15, 0.2) is 0 Å². The first-order chi connectivity index (χ1) is 11.3. The van der Waals surface area contributed by atoms with Crippen LogP contribution >= 0.6 is 11.3 Å². The summed E-state index contributed by atoms with van der Waals surface area (Å²) in [6.45, 7) is 0.909. The summed E-state index contributed by atoms with van der Waals surface area (Å²) in [4.78, 5) is 0. The number of aromatic nitrogens is 2. The van der Waals surface area contributed by atoms with E-state index in [0.717, 1.165) is 35.1 Å². The first-order valence-corrected chi connectivity index (χ1v) is 8.44. The minimum atomic E-state index is 0.0908. The maximum Gasteiger partial charge on any atom is 0.205 e. The molecule has 118 valence electrons. The largest absolute Gasteiger partial charge is 0.392 e. The minimum Gasteiger partial charge on any atom is -0.392 e. The Morgan fingerprint density at radius 3 is 2.35 bits per heavy atom. The average Bonchev–Trinajstić information content (AvgIpc) is 3.04. The summed E-state index contributed by atoms with van der Waals surface area (Å²) in [5.41, 5.74) is 3.43. The molecule has 0 aliphatic rings. The van der Waals surface area contributed by atoms with Crippen molar-refractivity contribution in [1.29, 1.82) is 0 Å². The summed E-state index contributed by atoms with van der Waals surface area (Å²) in [7, 11) is 0. The fraction of sp³-hybridized carbons (Fsp3) is 0.222. The van der Waals surface area contributed by atoms with Gasteiger partial charge in [-0.2, -0.15) is 0 Å². The third-order valence-corrected chi connectivity index (χ3v) is 4.44. The number of hydrogen-bond acceptors (Lipinski definition) is 5. The van der Waals surface area contributed by atoms with Gasteiger partial charge in [0.1, 0.15) is 5.01 Å². The van der Waals surface area contributed by atoms with Crippen LogP contribution in [0.25, 0.3) is 0 Å². The van der Waals surface area contributed by atoms with Crippen LogP contribution in [0.2, 0.25) is 0 Å². The highest BCUT2D eigenvalue weighted by atomic mass is 32.1. The Morgan fingerprint density at radius 2 is 1.61 bits per heavy atom. The highest BCUT2D eigenvalue weighted by molar-refractivity contribution is 7.15. The molecule has 0 spiro atoms. The van der Waals surface area contributed by atoms with Crippen LogP contribution in [0.5, 0.6) is 0 Å². The fourth-order valence-electron chi connectivity index (χ4n) is 2.29. The van der Waals surface area contributed by atoms with Gasteiger partial charge in [0.25, 0.3) is 0 Å². The summed E-state index contributed by atoms with van der Waals surface area (Å²) in [5, 5.41) is 22.7. The third kappa shape index (κ3) is 4.61. The molecular weight excluding hydrogens is 306 g/mol. The van der Waals surface area contributed by atoms with Crippen LogP contribution < -0.4 is 5.32 Å². The Bertz CT molecular complexity index is 726. The molecular formula is C18H19N3OS. The lowest BCUT2D eigenvalue weighted by Crippen LogP contribution is -2.04. The molecule has 2 N–H and O–H groups in total. The molecule has 0 aliphatic carbocycles. The fourth-order valence-corrected chi connectivity index (χ4v) is 3.09. The van der Waals surface area contributed by atoms with Gasteiger partial charge in [-0.15, -0.1) is 10.2 Å². The molecule has 0 fully saturated rings. The lowest BCUT2D eigenvalue weighted by atomic mass is 10.1. The normalized spacial score (nSPS) is 10.7. The number of benzene rings is 2. The van der Waals surface area contributed by atoms with E-state index < -0.39 is 0 Å². The zero-order chi connectivity index (χ0) is 15.9. The molecule has 0 atom stereocenters. The van der Waals surface area contributed by atoms with E-state index >= 15 is 0 Å². The van der Waals surface area contributed by atoms with Crippen LogP contribution in [-0.4, -0.2) is 21.8 Å². The summed E-state index contributed by atoms with van der Waals surface area (Å²) in [6.07, 6.45) is 1.74. The molecule has 0 aliphatic heterocycles. The van der Waals surface area contributed by atoms with Crippen LogP contribution in [0.4, 0.5) is 5.13 Å². The van der Waals surface area contributed by atoms with Gasteiger partial charge in [-0.05, 0) is 23.1 Å². The Balaban J connectivity index is 1.49. The van der Waals surface area contributed by atoms with Crippen molar-refractivity contribution < 1.29 is 5.11 Å². The van der Waals surface area contributed by atoms with Crippen LogP contribution in [0, 0.1) is 0 Å². The van der Waals surface area contributed by atoms with E-state index in [9.17, 15) is 0 Å². The standard InChI is InChI=1S/C18H19N3OS/c22-13-16-8-6-14(7-9-16)10-11-19-18-21-20-17(23-18)12-15-4-2-1-3-5-15/h1-9,22H,10-13H2,(H,19,21). The molecule has 0 radical (unpaired) electrons. The zero-order valence-electron chi connectivity index (χ0n) is 12.8. The minimum absolute atomic E-state index is 0.0908. The van der Waals surface area contributed by atoms with E-state index in [0.29, 0.717) is 0 Å². The van der Waals surface area contributed by atoms with Gasteiger partial charge in [-0.25, -0.2) is 0 Å². The second-order valence-electron chi connectivity index (χ2n) is 5.31. The molecule has 5 heteroatoms. The summed E-state index contributed by atoms with van der Waals surface area (Å²) in [5.74, 6) is 0. The Morgan fingerprint density at radius 1 is 0.870 bits per heavy atom. The number of nitrogens with one attached hydrogen (secondary N) is 1. The number of hydrogen-bond donors (Lipinski definition) is 2. The van der Waals surface area contributed by atoms with E-state index in [-0.39, 0.29) is 6.61 Å². The summed E-state index contributed by atoms with van der Waals surface area (Å²) >= 11 is 1.60. The lowest BCUT2D eigenvalue weighted by Gasteiger charge is -2.03. The Labute approximate surface area is 139 Å². The van der Waals surface area contributed by atoms with Crippen molar-refractivity contribution in [2.75, 3.05) is 11.9 Å². The molecule has 3 rings (SSSR count). The molecule has 0 saturated heterocycles. The molecule has 4 nitrogen and oxygen atoms in total. The average molecular weight is 325 g/mol. The number of aliphatic hydroxyl groups excluding tert-OH is 1.